The van der Waals surface area contributed by atoms with Crippen LogP contribution in [0.4, 0.5) is 0 Å². The van der Waals surface area contributed by atoms with Gasteiger partial charge in [-0.1, -0.05) is 18.2 Å². The first kappa shape index (κ1) is 23.4. The van der Waals surface area contributed by atoms with E-state index in [4.69, 9.17) is 23.7 Å². The van der Waals surface area contributed by atoms with Crippen molar-refractivity contribution in [3.63, 3.8) is 0 Å². The third kappa shape index (κ3) is 5.71. The number of hydrogen-bond donors (Lipinski definition) is 0. The van der Waals surface area contributed by atoms with Gasteiger partial charge < -0.3 is 23.7 Å². The van der Waals surface area contributed by atoms with Crippen LogP contribution in [0.15, 0.2) is 66.7 Å². The van der Waals surface area contributed by atoms with E-state index in [0.29, 0.717) is 28.6 Å². The Morgan fingerprint density at radius 3 is 1.76 bits per heavy atom. The van der Waals surface area contributed by atoms with Crippen molar-refractivity contribution < 1.29 is 33.3 Å². The summed E-state index contributed by atoms with van der Waals surface area (Å²) in [6.07, 6.45) is 3.21. The number of allylic oxidation sites excluding steroid dienone is 1. The summed E-state index contributed by atoms with van der Waals surface area (Å²) in [5, 5.41) is 0. The molecule has 0 amide bonds. The first-order chi connectivity index (χ1) is 16.0. The zero-order valence-electron chi connectivity index (χ0n) is 18.8. The van der Waals surface area contributed by atoms with Crippen molar-refractivity contribution in [1.29, 1.82) is 0 Å². The van der Waals surface area contributed by atoms with E-state index >= 15 is 0 Å². The van der Waals surface area contributed by atoms with Crippen molar-refractivity contribution in [2.45, 2.75) is 0 Å². The Labute approximate surface area is 192 Å². The second-order valence-corrected chi connectivity index (χ2v) is 6.80. The molecule has 170 valence electrons. The van der Waals surface area contributed by atoms with E-state index in [9.17, 15) is 9.59 Å². The number of ketones is 1. The Bertz CT molecular complexity index is 1120. The summed E-state index contributed by atoms with van der Waals surface area (Å²) in [5.74, 6) is 1.32. The number of carbonyl (C=O) groups is 2. The van der Waals surface area contributed by atoms with Gasteiger partial charge in [-0.15, -0.1) is 0 Å². The molecular formula is C26H24O7. The average molecular weight is 448 g/mol. The second kappa shape index (κ2) is 10.9. The number of methoxy groups -OCH3 is 4. The molecule has 0 aliphatic heterocycles. The lowest BCUT2D eigenvalue weighted by Gasteiger charge is -2.13. The molecule has 0 fully saturated rings. The van der Waals surface area contributed by atoms with Crippen molar-refractivity contribution in [3.8, 4) is 28.7 Å². The summed E-state index contributed by atoms with van der Waals surface area (Å²) >= 11 is 0. The van der Waals surface area contributed by atoms with Crippen LogP contribution in [-0.4, -0.2) is 40.2 Å². The van der Waals surface area contributed by atoms with Gasteiger partial charge in [-0.25, -0.2) is 4.79 Å². The molecule has 0 saturated carbocycles. The monoisotopic (exact) mass is 448 g/mol. The number of rotatable bonds is 9. The standard InChI is InChI=1S/C26H24O7/c1-29-20-10-5-17(6-11-20)7-14-22(27)18-8-12-21(13-9-18)33-26(28)19-15-23(30-2)25(32-4)24(16-19)31-3/h5-16H,1-4H3. The first-order valence-electron chi connectivity index (χ1n) is 9.97. The number of esters is 1. The Balaban J connectivity index is 1.69. The maximum absolute atomic E-state index is 12.6. The van der Waals surface area contributed by atoms with Crippen LogP contribution in [-0.2, 0) is 0 Å². The van der Waals surface area contributed by atoms with Crippen molar-refractivity contribution >= 4 is 17.8 Å². The number of ether oxygens (including phenoxy) is 5. The van der Waals surface area contributed by atoms with E-state index in [0.717, 1.165) is 11.3 Å². The van der Waals surface area contributed by atoms with Crippen LogP contribution in [0.2, 0.25) is 0 Å². The molecule has 0 aliphatic rings. The van der Waals surface area contributed by atoms with E-state index in [2.05, 4.69) is 0 Å². The molecule has 0 unspecified atom stereocenters. The summed E-state index contributed by atoms with van der Waals surface area (Å²) in [6.45, 7) is 0. The lowest BCUT2D eigenvalue weighted by Crippen LogP contribution is -2.10. The van der Waals surface area contributed by atoms with Crippen molar-refractivity contribution in [3.05, 3.63) is 83.4 Å². The molecular weight excluding hydrogens is 424 g/mol. The number of benzene rings is 3. The highest BCUT2D eigenvalue weighted by Gasteiger charge is 2.18. The molecule has 0 N–H and O–H groups in total. The number of hydrogen-bond acceptors (Lipinski definition) is 7. The maximum atomic E-state index is 12.6. The molecule has 7 heteroatoms. The summed E-state index contributed by atoms with van der Waals surface area (Å²) in [6, 6.07) is 16.7. The molecule has 0 saturated heterocycles. The Morgan fingerprint density at radius 2 is 1.24 bits per heavy atom. The molecule has 3 rings (SSSR count). The van der Waals surface area contributed by atoms with Crippen molar-refractivity contribution in [1.82, 2.24) is 0 Å². The van der Waals surface area contributed by atoms with Crippen LogP contribution in [0.25, 0.3) is 6.08 Å². The normalized spacial score (nSPS) is 10.5. The largest absolute Gasteiger partial charge is 0.497 e. The molecule has 3 aromatic rings. The van der Waals surface area contributed by atoms with Crippen molar-refractivity contribution in [2.24, 2.45) is 0 Å². The zero-order valence-corrected chi connectivity index (χ0v) is 18.8. The van der Waals surface area contributed by atoms with Crippen LogP contribution in [0, 0.1) is 0 Å². The van der Waals surface area contributed by atoms with Gasteiger partial charge in [0.25, 0.3) is 0 Å². The van der Waals surface area contributed by atoms with Gasteiger partial charge in [0, 0.05) is 5.56 Å². The minimum absolute atomic E-state index is 0.173. The van der Waals surface area contributed by atoms with E-state index in [1.807, 2.05) is 24.3 Å². The molecule has 0 radical (unpaired) electrons. The lowest BCUT2D eigenvalue weighted by atomic mass is 10.1. The summed E-state index contributed by atoms with van der Waals surface area (Å²) in [4.78, 5) is 25.1. The molecule has 0 spiro atoms. The highest BCUT2D eigenvalue weighted by Crippen LogP contribution is 2.38. The van der Waals surface area contributed by atoms with E-state index < -0.39 is 5.97 Å². The Kier molecular flexibility index (Phi) is 7.70. The molecule has 0 heterocycles. The minimum Gasteiger partial charge on any atom is -0.497 e. The van der Waals surface area contributed by atoms with E-state index in [-0.39, 0.29) is 11.3 Å². The molecule has 0 aliphatic carbocycles. The Morgan fingerprint density at radius 1 is 0.667 bits per heavy atom. The Hall–Kier alpha value is -4.26. The molecule has 7 nitrogen and oxygen atoms in total. The van der Waals surface area contributed by atoms with Gasteiger partial charge in [-0.05, 0) is 60.2 Å². The molecule has 33 heavy (non-hydrogen) atoms. The lowest BCUT2D eigenvalue weighted by molar-refractivity contribution is 0.0733. The van der Waals surface area contributed by atoms with Crippen molar-refractivity contribution in [2.75, 3.05) is 28.4 Å². The van der Waals surface area contributed by atoms with Gasteiger partial charge >= 0.3 is 5.97 Å². The molecule has 3 aromatic carbocycles. The SMILES string of the molecule is COc1ccc(C=CC(=O)c2ccc(OC(=O)c3cc(OC)c(OC)c(OC)c3)cc2)cc1. The smallest absolute Gasteiger partial charge is 0.343 e. The van der Waals surface area contributed by atoms with Crippen LogP contribution in [0.3, 0.4) is 0 Å². The van der Waals surface area contributed by atoms with Gasteiger partial charge in [0.05, 0.1) is 34.0 Å². The fourth-order valence-corrected chi connectivity index (χ4v) is 3.04. The predicted molar refractivity (Wildman–Crippen MR) is 124 cm³/mol. The van der Waals surface area contributed by atoms with E-state index in [1.165, 1.54) is 39.5 Å². The van der Waals surface area contributed by atoms with Crippen LogP contribution >= 0.6 is 0 Å². The van der Waals surface area contributed by atoms with Gasteiger partial charge in [0.1, 0.15) is 11.5 Å². The summed E-state index contributed by atoms with van der Waals surface area (Å²) in [7, 11) is 6.00. The number of carbonyl (C=O) groups excluding carboxylic acids is 2. The van der Waals surface area contributed by atoms with Crippen LogP contribution in [0.1, 0.15) is 26.3 Å². The van der Waals surface area contributed by atoms with Gasteiger partial charge in [-0.2, -0.15) is 0 Å². The quantitative estimate of drug-likeness (QED) is 0.201. The third-order valence-electron chi connectivity index (χ3n) is 4.79. The van der Waals surface area contributed by atoms with Crippen LogP contribution < -0.4 is 23.7 Å². The summed E-state index contributed by atoms with van der Waals surface area (Å²) in [5.41, 5.74) is 1.57. The van der Waals surface area contributed by atoms with E-state index in [1.54, 1.807) is 37.5 Å². The minimum atomic E-state index is -0.604. The first-order valence-corrected chi connectivity index (χ1v) is 9.97. The fourth-order valence-electron chi connectivity index (χ4n) is 3.04. The fraction of sp³-hybridized carbons (Fsp3) is 0.154. The topological polar surface area (TPSA) is 80.3 Å². The maximum Gasteiger partial charge on any atom is 0.343 e. The zero-order chi connectivity index (χ0) is 23.8. The van der Waals surface area contributed by atoms with Crippen LogP contribution in [0.5, 0.6) is 28.7 Å². The average Bonchev–Trinajstić information content (AvgIpc) is 2.86. The highest BCUT2D eigenvalue weighted by molar-refractivity contribution is 6.06. The molecule has 0 atom stereocenters. The van der Waals surface area contributed by atoms with Gasteiger partial charge in [-0.3, -0.25) is 4.79 Å². The summed E-state index contributed by atoms with van der Waals surface area (Å²) < 4.78 is 26.3. The third-order valence-corrected chi connectivity index (χ3v) is 4.79. The second-order valence-electron chi connectivity index (χ2n) is 6.80. The molecule has 0 aromatic heterocycles. The molecule has 0 bridgehead atoms. The van der Waals surface area contributed by atoms with Gasteiger partial charge in [0.2, 0.25) is 5.75 Å². The van der Waals surface area contributed by atoms with Gasteiger partial charge in [0.15, 0.2) is 17.3 Å². The highest BCUT2D eigenvalue weighted by atomic mass is 16.5. The predicted octanol–water partition coefficient (Wildman–Crippen LogP) is 4.84.